The maximum atomic E-state index is 13.3. The monoisotopic (exact) mass is 573 g/mol. The number of ether oxygens (including phenoxy) is 4. The molecule has 1 aliphatic carbocycles. The van der Waals surface area contributed by atoms with E-state index in [0.717, 1.165) is 22.4 Å². The van der Waals surface area contributed by atoms with E-state index in [0.29, 0.717) is 11.1 Å². The molecule has 1 aromatic carbocycles. The summed E-state index contributed by atoms with van der Waals surface area (Å²) in [6, 6.07) is 3.28. The number of fused-ring (bicyclic) bond motifs is 4. The molecule has 0 spiro atoms. The van der Waals surface area contributed by atoms with Crippen LogP contribution in [0.4, 0.5) is 5.69 Å². The van der Waals surface area contributed by atoms with Crippen molar-refractivity contribution in [2.75, 3.05) is 33.3 Å². The number of rotatable bonds is 5. The first kappa shape index (κ1) is 26.7. The third kappa shape index (κ3) is 3.72. The van der Waals surface area contributed by atoms with E-state index in [2.05, 4.69) is 15.9 Å². The Hall–Kier alpha value is -3.40. The molecule has 0 N–H and O–H groups in total. The van der Waals surface area contributed by atoms with Gasteiger partial charge in [-0.25, -0.2) is 19.2 Å². The van der Waals surface area contributed by atoms with Gasteiger partial charge in [0.05, 0.1) is 56.8 Å². The number of carbonyl (C=O) groups is 4. The van der Waals surface area contributed by atoms with Gasteiger partial charge in [0, 0.05) is 18.5 Å². The third-order valence-electron chi connectivity index (χ3n) is 7.20. The van der Waals surface area contributed by atoms with Crippen molar-refractivity contribution in [3.63, 3.8) is 0 Å². The van der Waals surface area contributed by atoms with Crippen LogP contribution in [-0.4, -0.2) is 62.8 Å². The van der Waals surface area contributed by atoms with Crippen LogP contribution >= 0.6 is 15.9 Å². The van der Waals surface area contributed by atoms with E-state index in [4.69, 9.17) is 18.9 Å². The number of esters is 4. The average molecular weight is 574 g/mol. The summed E-state index contributed by atoms with van der Waals surface area (Å²) in [5.74, 6) is -2.73. The fourth-order valence-corrected chi connectivity index (χ4v) is 7.06. The Morgan fingerprint density at radius 1 is 0.811 bits per heavy atom. The van der Waals surface area contributed by atoms with E-state index in [1.165, 1.54) is 28.4 Å². The van der Waals surface area contributed by atoms with Crippen LogP contribution in [0.15, 0.2) is 45.6 Å². The highest BCUT2D eigenvalue weighted by Gasteiger charge is 2.65. The molecule has 196 valence electrons. The second-order valence-corrected chi connectivity index (χ2v) is 10.4. The minimum Gasteiger partial charge on any atom is -0.466 e. The lowest BCUT2D eigenvalue weighted by Gasteiger charge is -2.38. The summed E-state index contributed by atoms with van der Waals surface area (Å²) < 4.78 is 18.9. The van der Waals surface area contributed by atoms with Crippen molar-refractivity contribution in [1.82, 2.24) is 0 Å². The lowest BCUT2D eigenvalue weighted by Crippen LogP contribution is -2.44. The van der Waals surface area contributed by atoms with Gasteiger partial charge in [-0.1, -0.05) is 33.6 Å². The predicted octanol–water partition coefficient (Wildman–Crippen LogP) is 3.28. The highest BCUT2D eigenvalue weighted by molar-refractivity contribution is 9.10. The summed E-state index contributed by atoms with van der Waals surface area (Å²) in [6.07, 6.45) is 0.0312. The van der Waals surface area contributed by atoms with Gasteiger partial charge in [-0.05, 0) is 43.0 Å². The molecular weight excluding hydrogens is 546 g/mol. The molecule has 2 aliphatic heterocycles. The lowest BCUT2D eigenvalue weighted by atomic mass is 9.76. The van der Waals surface area contributed by atoms with Gasteiger partial charge in [0.2, 0.25) is 0 Å². The molecule has 2 atom stereocenters. The number of nitrogens with zero attached hydrogens (tertiary/aromatic N) is 1. The molecule has 2 heterocycles. The Balaban J connectivity index is 2.03. The predicted molar refractivity (Wildman–Crippen MR) is 137 cm³/mol. The first-order valence-corrected chi connectivity index (χ1v) is 12.3. The number of halogens is 1. The topological polar surface area (TPSA) is 108 Å². The highest BCUT2D eigenvalue weighted by Crippen LogP contribution is 2.63. The van der Waals surface area contributed by atoms with Crippen molar-refractivity contribution in [2.45, 2.75) is 44.1 Å². The van der Waals surface area contributed by atoms with E-state index in [1.54, 1.807) is 0 Å². The van der Waals surface area contributed by atoms with Gasteiger partial charge in [-0.15, -0.1) is 0 Å². The summed E-state index contributed by atoms with van der Waals surface area (Å²) in [6.45, 7) is 5.90. The molecule has 2 bridgehead atoms. The molecule has 4 rings (SSSR count). The van der Waals surface area contributed by atoms with Crippen LogP contribution in [0, 0.1) is 20.8 Å². The van der Waals surface area contributed by atoms with Gasteiger partial charge >= 0.3 is 23.9 Å². The van der Waals surface area contributed by atoms with Gasteiger partial charge in [0.1, 0.15) is 0 Å². The molecule has 0 aromatic heterocycles. The second-order valence-electron chi connectivity index (χ2n) is 9.21. The number of aryl methyl sites for hydroxylation is 3. The first-order valence-electron chi connectivity index (χ1n) is 11.6. The summed E-state index contributed by atoms with van der Waals surface area (Å²) in [5.41, 5.74) is 5.58. The highest BCUT2D eigenvalue weighted by atomic mass is 79.9. The first-order chi connectivity index (χ1) is 17.5. The number of hydrogen-bond donors (Lipinski definition) is 0. The van der Waals surface area contributed by atoms with E-state index >= 15 is 0 Å². The zero-order valence-corrected chi connectivity index (χ0v) is 23.3. The van der Waals surface area contributed by atoms with E-state index < -0.39 is 34.4 Å². The number of benzene rings is 1. The Labute approximate surface area is 223 Å². The van der Waals surface area contributed by atoms with Crippen LogP contribution in [0.25, 0.3) is 0 Å². The number of hydrogen-bond acceptors (Lipinski definition) is 9. The van der Waals surface area contributed by atoms with Crippen LogP contribution in [0.1, 0.15) is 29.5 Å². The molecule has 1 aromatic rings. The molecule has 37 heavy (non-hydrogen) atoms. The van der Waals surface area contributed by atoms with Gasteiger partial charge in [-0.3, -0.25) is 0 Å². The van der Waals surface area contributed by atoms with Crippen LogP contribution in [0.5, 0.6) is 0 Å². The Morgan fingerprint density at radius 2 is 1.30 bits per heavy atom. The number of carbonyl (C=O) groups excluding carboxylic acids is 4. The maximum Gasteiger partial charge on any atom is 0.338 e. The fourth-order valence-electron chi connectivity index (χ4n) is 5.91. The summed E-state index contributed by atoms with van der Waals surface area (Å²) in [7, 11) is 4.96. The molecular formula is C27H28BrNO8. The number of alkyl halides is 1. The van der Waals surface area contributed by atoms with Crippen LogP contribution in [0.2, 0.25) is 0 Å². The molecule has 0 saturated heterocycles. The molecule has 3 aliphatic rings. The molecule has 0 radical (unpaired) electrons. The minimum absolute atomic E-state index is 0.00356. The minimum atomic E-state index is -1.34. The Bertz CT molecular complexity index is 1330. The second kappa shape index (κ2) is 9.48. The van der Waals surface area contributed by atoms with Crippen molar-refractivity contribution in [2.24, 2.45) is 0 Å². The quantitative estimate of drug-likeness (QED) is 0.172. The van der Waals surface area contributed by atoms with Gasteiger partial charge < -0.3 is 23.8 Å². The smallest absolute Gasteiger partial charge is 0.338 e. The van der Waals surface area contributed by atoms with E-state index in [1.807, 2.05) is 37.8 Å². The SMILES string of the molecule is COC(=O)C1=C(C(=O)OC)CC2=C(C1)C1C(C(=O)OC)=C(C(=O)OC)C2(Br)N1c1c(C)cc(C)cc1C. The third-order valence-corrected chi connectivity index (χ3v) is 8.46. The van der Waals surface area contributed by atoms with Gasteiger partial charge in [0.25, 0.3) is 0 Å². The van der Waals surface area contributed by atoms with Crippen molar-refractivity contribution in [1.29, 1.82) is 0 Å². The fraction of sp³-hybridized carbons (Fsp3) is 0.407. The molecule has 0 saturated carbocycles. The van der Waals surface area contributed by atoms with Crippen LogP contribution in [0.3, 0.4) is 0 Å². The Morgan fingerprint density at radius 3 is 1.78 bits per heavy atom. The van der Waals surface area contributed by atoms with Gasteiger partial charge in [-0.2, -0.15) is 0 Å². The van der Waals surface area contributed by atoms with Gasteiger partial charge in [0.15, 0.2) is 4.45 Å². The largest absolute Gasteiger partial charge is 0.466 e. The normalized spacial score (nSPS) is 22.3. The van der Waals surface area contributed by atoms with Crippen molar-refractivity contribution >= 4 is 45.5 Å². The summed E-state index contributed by atoms with van der Waals surface area (Å²) in [4.78, 5) is 53.9. The lowest BCUT2D eigenvalue weighted by molar-refractivity contribution is -0.139. The van der Waals surface area contributed by atoms with Crippen molar-refractivity contribution < 1.29 is 38.1 Å². The van der Waals surface area contributed by atoms with Crippen molar-refractivity contribution in [3.8, 4) is 0 Å². The number of methoxy groups -OCH3 is 4. The zero-order valence-electron chi connectivity index (χ0n) is 21.7. The molecule has 9 nitrogen and oxygen atoms in total. The van der Waals surface area contributed by atoms with Crippen LogP contribution < -0.4 is 4.90 Å². The summed E-state index contributed by atoms with van der Waals surface area (Å²) >= 11 is 3.85. The Kier molecular flexibility index (Phi) is 6.83. The van der Waals surface area contributed by atoms with Crippen LogP contribution in [-0.2, 0) is 38.1 Å². The average Bonchev–Trinajstić information content (AvgIpc) is 3.28. The van der Waals surface area contributed by atoms with E-state index in [9.17, 15) is 19.2 Å². The summed E-state index contributed by atoms with van der Waals surface area (Å²) in [5, 5.41) is 0. The molecule has 0 fully saturated rings. The van der Waals surface area contributed by atoms with Crippen molar-refractivity contribution in [3.05, 3.63) is 62.3 Å². The maximum absolute atomic E-state index is 13.3. The molecule has 0 amide bonds. The van der Waals surface area contributed by atoms with E-state index in [-0.39, 0.29) is 35.1 Å². The standard InChI is InChI=1S/C27H28BrNO8/c1-12-8-13(2)21(14(3)9-12)29-22-17-10-15(23(30)34-4)16(24(31)35-5)11-18(17)27(29,28)20(26(33)37-7)19(22)25(32)36-6/h8-9,22H,10-11H2,1-7H3. The molecule has 10 heteroatoms. The number of anilines is 1. The molecule has 2 unspecified atom stereocenters. The zero-order chi connectivity index (χ0) is 27.4.